The fraction of sp³-hybridized carbons (Fsp3) is 0.700. The van der Waals surface area contributed by atoms with Gasteiger partial charge in [0, 0.05) is 7.11 Å². The lowest BCUT2D eigenvalue weighted by Gasteiger charge is -2.33. The Kier molecular flexibility index (Phi) is 8.68. The van der Waals surface area contributed by atoms with Gasteiger partial charge in [-0.05, 0) is 36.7 Å². The number of hydrogen-bond acceptors (Lipinski definition) is 1. The Hall–Kier alpha value is -0.820. The molecule has 0 aromatic heterocycles. The van der Waals surface area contributed by atoms with Gasteiger partial charge in [0.15, 0.2) is 0 Å². The van der Waals surface area contributed by atoms with Crippen LogP contribution in [-0.2, 0) is 11.2 Å². The van der Waals surface area contributed by atoms with Crippen LogP contribution in [0.2, 0.25) is 0 Å². The normalized spacial score (nSPS) is 13.3. The summed E-state index contributed by atoms with van der Waals surface area (Å²) >= 11 is 0. The molecule has 0 bridgehead atoms. The van der Waals surface area contributed by atoms with Crippen LogP contribution in [-0.4, -0.2) is 13.2 Å². The van der Waals surface area contributed by atoms with Crippen LogP contribution in [0, 0.1) is 5.41 Å². The quantitative estimate of drug-likeness (QED) is 0.453. The summed E-state index contributed by atoms with van der Waals surface area (Å²) in [5.41, 5.74) is 1.75. The summed E-state index contributed by atoms with van der Waals surface area (Å²) in [6.45, 7) is 7.01. The maximum Gasteiger partial charge on any atom is 0.0622 e. The van der Waals surface area contributed by atoms with Crippen LogP contribution in [0.1, 0.15) is 71.3 Å². The number of rotatable bonds is 11. The first-order valence-corrected chi connectivity index (χ1v) is 8.67. The molecule has 0 amide bonds. The van der Waals surface area contributed by atoms with Crippen LogP contribution in [0.3, 0.4) is 0 Å². The standard InChI is InChI=1S/C20H34O/c1-5-6-12-17-20(2,3)19(21-4)16-11-10-15-18-13-8-7-9-14-18/h7-9,13-14,19H,5-6,10-12,15-17H2,1-4H3. The number of ether oxygens (including phenoxy) is 1. The highest BCUT2D eigenvalue weighted by Gasteiger charge is 2.28. The largest absolute Gasteiger partial charge is 0.381 e. The molecule has 1 aromatic rings. The summed E-state index contributed by atoms with van der Waals surface area (Å²) in [7, 11) is 1.88. The molecule has 0 fully saturated rings. The second-order valence-corrected chi connectivity index (χ2v) is 6.90. The fourth-order valence-corrected chi connectivity index (χ4v) is 3.12. The molecule has 0 N–H and O–H groups in total. The molecule has 0 saturated carbocycles. The van der Waals surface area contributed by atoms with E-state index in [1.807, 2.05) is 7.11 Å². The topological polar surface area (TPSA) is 9.23 Å². The molecule has 1 nitrogen and oxygen atoms in total. The maximum absolute atomic E-state index is 5.80. The highest BCUT2D eigenvalue weighted by atomic mass is 16.5. The van der Waals surface area contributed by atoms with E-state index in [2.05, 4.69) is 51.1 Å². The van der Waals surface area contributed by atoms with Crippen molar-refractivity contribution in [1.29, 1.82) is 0 Å². The number of methoxy groups -OCH3 is 1. The summed E-state index contributed by atoms with van der Waals surface area (Å²) < 4.78 is 5.80. The minimum atomic E-state index is 0.302. The van der Waals surface area contributed by atoms with Gasteiger partial charge in [0.1, 0.15) is 0 Å². The van der Waals surface area contributed by atoms with Crippen molar-refractivity contribution in [3.63, 3.8) is 0 Å². The highest BCUT2D eigenvalue weighted by molar-refractivity contribution is 5.14. The minimum Gasteiger partial charge on any atom is -0.381 e. The molecule has 0 radical (unpaired) electrons. The van der Waals surface area contributed by atoms with E-state index in [-0.39, 0.29) is 0 Å². The van der Waals surface area contributed by atoms with Crippen LogP contribution >= 0.6 is 0 Å². The van der Waals surface area contributed by atoms with E-state index in [1.165, 1.54) is 56.9 Å². The molecule has 0 saturated heterocycles. The van der Waals surface area contributed by atoms with Crippen molar-refractivity contribution in [2.24, 2.45) is 5.41 Å². The Balaban J connectivity index is 2.29. The van der Waals surface area contributed by atoms with Gasteiger partial charge < -0.3 is 4.74 Å². The Bertz CT molecular complexity index is 355. The van der Waals surface area contributed by atoms with Crippen LogP contribution in [0.25, 0.3) is 0 Å². The van der Waals surface area contributed by atoms with Gasteiger partial charge >= 0.3 is 0 Å². The van der Waals surface area contributed by atoms with E-state index in [1.54, 1.807) is 0 Å². The van der Waals surface area contributed by atoms with E-state index >= 15 is 0 Å². The third-order valence-corrected chi connectivity index (χ3v) is 4.61. The van der Waals surface area contributed by atoms with E-state index in [9.17, 15) is 0 Å². The van der Waals surface area contributed by atoms with Crippen molar-refractivity contribution in [3.05, 3.63) is 35.9 Å². The zero-order valence-electron chi connectivity index (χ0n) is 14.5. The molecule has 21 heavy (non-hydrogen) atoms. The van der Waals surface area contributed by atoms with Gasteiger partial charge in [-0.15, -0.1) is 0 Å². The van der Waals surface area contributed by atoms with Gasteiger partial charge in [-0.1, -0.05) is 76.8 Å². The molecular formula is C20H34O. The molecule has 1 heteroatoms. The third kappa shape index (κ3) is 7.13. The van der Waals surface area contributed by atoms with Gasteiger partial charge in [0.05, 0.1) is 6.10 Å². The second-order valence-electron chi connectivity index (χ2n) is 6.90. The molecule has 0 aliphatic heterocycles. The third-order valence-electron chi connectivity index (χ3n) is 4.61. The Morgan fingerprint density at radius 2 is 1.71 bits per heavy atom. The molecule has 1 aromatic carbocycles. The number of unbranched alkanes of at least 4 members (excludes halogenated alkanes) is 3. The molecule has 1 rings (SSSR count). The lowest BCUT2D eigenvalue weighted by Crippen LogP contribution is -2.31. The van der Waals surface area contributed by atoms with Gasteiger partial charge in [0.2, 0.25) is 0 Å². The van der Waals surface area contributed by atoms with Crippen molar-refractivity contribution in [2.75, 3.05) is 7.11 Å². The molecule has 0 spiro atoms. The van der Waals surface area contributed by atoms with Crippen molar-refractivity contribution in [1.82, 2.24) is 0 Å². The molecule has 0 aliphatic carbocycles. The summed E-state index contributed by atoms with van der Waals surface area (Å²) in [4.78, 5) is 0. The average Bonchev–Trinajstić information content (AvgIpc) is 2.48. The fourth-order valence-electron chi connectivity index (χ4n) is 3.12. The van der Waals surface area contributed by atoms with Crippen LogP contribution in [0.15, 0.2) is 30.3 Å². The molecule has 1 unspecified atom stereocenters. The Morgan fingerprint density at radius 3 is 2.33 bits per heavy atom. The van der Waals surface area contributed by atoms with Gasteiger partial charge in [0.25, 0.3) is 0 Å². The molecule has 1 atom stereocenters. The molecule has 0 heterocycles. The Labute approximate surface area is 132 Å². The van der Waals surface area contributed by atoms with E-state index in [0.29, 0.717) is 11.5 Å². The summed E-state index contributed by atoms with van der Waals surface area (Å²) in [5.74, 6) is 0. The van der Waals surface area contributed by atoms with Gasteiger partial charge in [-0.25, -0.2) is 0 Å². The monoisotopic (exact) mass is 290 g/mol. The first kappa shape index (κ1) is 18.2. The van der Waals surface area contributed by atoms with Crippen molar-refractivity contribution >= 4 is 0 Å². The second kappa shape index (κ2) is 10.00. The highest BCUT2D eigenvalue weighted by Crippen LogP contribution is 2.32. The summed E-state index contributed by atoms with van der Waals surface area (Å²) in [6, 6.07) is 10.8. The van der Waals surface area contributed by atoms with Gasteiger partial charge in [-0.3, -0.25) is 0 Å². The first-order valence-electron chi connectivity index (χ1n) is 8.67. The number of aryl methyl sites for hydroxylation is 1. The zero-order chi connectivity index (χ0) is 15.6. The average molecular weight is 290 g/mol. The van der Waals surface area contributed by atoms with Crippen LogP contribution in [0.5, 0.6) is 0 Å². The lowest BCUT2D eigenvalue weighted by atomic mass is 9.79. The van der Waals surface area contributed by atoms with E-state index in [4.69, 9.17) is 4.74 Å². The van der Waals surface area contributed by atoms with E-state index in [0.717, 1.165) is 0 Å². The molecule has 0 aliphatic rings. The predicted molar refractivity (Wildman–Crippen MR) is 92.7 cm³/mol. The zero-order valence-corrected chi connectivity index (χ0v) is 14.5. The molecular weight excluding hydrogens is 256 g/mol. The first-order chi connectivity index (χ1) is 10.1. The van der Waals surface area contributed by atoms with Crippen molar-refractivity contribution in [3.8, 4) is 0 Å². The van der Waals surface area contributed by atoms with Crippen molar-refractivity contribution < 1.29 is 4.74 Å². The van der Waals surface area contributed by atoms with Gasteiger partial charge in [-0.2, -0.15) is 0 Å². The Morgan fingerprint density at radius 1 is 1.00 bits per heavy atom. The van der Waals surface area contributed by atoms with Crippen LogP contribution < -0.4 is 0 Å². The summed E-state index contributed by atoms with van der Waals surface area (Å²) in [6.07, 6.45) is 10.5. The summed E-state index contributed by atoms with van der Waals surface area (Å²) in [5, 5.41) is 0. The van der Waals surface area contributed by atoms with E-state index < -0.39 is 0 Å². The maximum atomic E-state index is 5.80. The number of hydrogen-bond donors (Lipinski definition) is 0. The predicted octanol–water partition coefficient (Wildman–Crippen LogP) is 6.02. The van der Waals surface area contributed by atoms with Crippen molar-refractivity contribution in [2.45, 2.75) is 78.2 Å². The lowest BCUT2D eigenvalue weighted by molar-refractivity contribution is -0.00613. The molecule has 120 valence electrons. The smallest absolute Gasteiger partial charge is 0.0622 e. The number of benzene rings is 1. The minimum absolute atomic E-state index is 0.302. The SMILES string of the molecule is CCCCCC(C)(C)C(CCCCc1ccccc1)OC. The van der Waals surface area contributed by atoms with Crippen LogP contribution in [0.4, 0.5) is 0 Å².